The molecular weight excluding hydrogens is 330 g/mol. The van der Waals surface area contributed by atoms with Crippen LogP contribution in [-0.2, 0) is 6.54 Å². The summed E-state index contributed by atoms with van der Waals surface area (Å²) in [6.45, 7) is 0.174. The third-order valence-electron chi connectivity index (χ3n) is 2.65. The SMILES string of the molecule is O=c1[nH]cc(Br)c(=O)n1Cc1nc2ccccc2s1. The lowest BCUT2D eigenvalue weighted by atomic mass is 10.3. The summed E-state index contributed by atoms with van der Waals surface area (Å²) in [5.41, 5.74) is 0.0810. The number of nitrogens with one attached hydrogen (secondary N) is 1. The molecule has 0 fully saturated rings. The van der Waals surface area contributed by atoms with Crippen molar-refractivity contribution >= 4 is 37.5 Å². The molecule has 0 saturated heterocycles. The number of halogens is 1. The summed E-state index contributed by atoms with van der Waals surface area (Å²) in [5.74, 6) is 0. The van der Waals surface area contributed by atoms with Crippen molar-refractivity contribution in [2.45, 2.75) is 6.54 Å². The van der Waals surface area contributed by atoms with E-state index in [0.717, 1.165) is 19.8 Å². The number of rotatable bonds is 2. The van der Waals surface area contributed by atoms with Gasteiger partial charge in [-0.15, -0.1) is 11.3 Å². The molecule has 1 aromatic carbocycles. The number of hydrogen-bond acceptors (Lipinski definition) is 4. The summed E-state index contributed by atoms with van der Waals surface area (Å²) in [6, 6.07) is 7.71. The monoisotopic (exact) mass is 337 g/mol. The van der Waals surface area contributed by atoms with E-state index in [-0.39, 0.29) is 12.1 Å². The Bertz CT molecular complexity index is 832. The van der Waals surface area contributed by atoms with E-state index < -0.39 is 5.69 Å². The van der Waals surface area contributed by atoms with Crippen LogP contribution in [0.2, 0.25) is 0 Å². The highest BCUT2D eigenvalue weighted by atomic mass is 79.9. The van der Waals surface area contributed by atoms with Gasteiger partial charge < -0.3 is 4.98 Å². The van der Waals surface area contributed by atoms with Crippen LogP contribution >= 0.6 is 27.3 Å². The molecule has 0 spiro atoms. The zero-order valence-corrected chi connectivity index (χ0v) is 12.0. The van der Waals surface area contributed by atoms with Gasteiger partial charge in [0.25, 0.3) is 5.56 Å². The van der Waals surface area contributed by atoms with Gasteiger partial charge in [0.05, 0.1) is 21.2 Å². The Morgan fingerprint density at radius 2 is 2.11 bits per heavy atom. The summed E-state index contributed by atoms with van der Waals surface area (Å²) in [6.07, 6.45) is 1.35. The number of hydrogen-bond donors (Lipinski definition) is 1. The van der Waals surface area contributed by atoms with Crippen molar-refractivity contribution in [3.05, 3.63) is 60.8 Å². The summed E-state index contributed by atoms with van der Waals surface area (Å²) in [4.78, 5) is 30.5. The number of nitrogens with zero attached hydrogens (tertiary/aromatic N) is 2. The Kier molecular flexibility index (Phi) is 3.08. The van der Waals surface area contributed by atoms with Gasteiger partial charge in [0.2, 0.25) is 0 Å². The van der Waals surface area contributed by atoms with Gasteiger partial charge in [0, 0.05) is 6.20 Å². The number of para-hydroxylation sites is 1. The van der Waals surface area contributed by atoms with Gasteiger partial charge in [-0.1, -0.05) is 12.1 Å². The molecule has 0 aliphatic rings. The third-order valence-corrected chi connectivity index (χ3v) is 4.24. The average molecular weight is 338 g/mol. The molecule has 0 saturated carbocycles. The molecule has 2 aromatic heterocycles. The van der Waals surface area contributed by atoms with E-state index in [4.69, 9.17) is 0 Å². The fourth-order valence-electron chi connectivity index (χ4n) is 1.75. The van der Waals surface area contributed by atoms with E-state index in [0.29, 0.717) is 4.47 Å². The van der Waals surface area contributed by atoms with Crippen LogP contribution in [0, 0.1) is 0 Å². The molecular formula is C12H8BrN3O2S. The smallest absolute Gasteiger partial charge is 0.313 e. The van der Waals surface area contributed by atoms with Crippen molar-refractivity contribution in [1.82, 2.24) is 14.5 Å². The second kappa shape index (κ2) is 4.75. The lowest BCUT2D eigenvalue weighted by Crippen LogP contribution is -2.35. The molecule has 0 aliphatic heterocycles. The Morgan fingerprint density at radius 1 is 1.32 bits per heavy atom. The van der Waals surface area contributed by atoms with Crippen molar-refractivity contribution in [3.63, 3.8) is 0 Å². The van der Waals surface area contributed by atoms with Gasteiger partial charge in [-0.05, 0) is 28.1 Å². The Hall–Kier alpha value is -1.73. The summed E-state index contributed by atoms with van der Waals surface area (Å²) < 4.78 is 2.49. The molecule has 7 heteroatoms. The number of benzene rings is 1. The van der Waals surface area contributed by atoms with E-state index in [1.165, 1.54) is 17.5 Å². The standard InChI is InChI=1S/C12H8BrN3O2S/c13-7-5-14-12(18)16(11(7)17)6-10-15-8-3-1-2-4-9(8)19-10/h1-5H,6H2,(H,14,18). The molecule has 0 unspecified atom stereocenters. The minimum Gasteiger partial charge on any atom is -0.313 e. The maximum absolute atomic E-state index is 11.9. The number of aromatic amines is 1. The normalized spacial score (nSPS) is 11.0. The molecule has 5 nitrogen and oxygen atoms in total. The molecule has 96 valence electrons. The van der Waals surface area contributed by atoms with Gasteiger partial charge in [-0.2, -0.15) is 0 Å². The summed E-state index contributed by atoms with van der Waals surface area (Å²) >= 11 is 4.58. The van der Waals surface area contributed by atoms with Crippen molar-refractivity contribution in [2.75, 3.05) is 0 Å². The predicted octanol–water partition coefficient (Wildman–Crippen LogP) is 1.96. The number of thiazole rings is 1. The molecule has 2 heterocycles. The van der Waals surface area contributed by atoms with Crippen LogP contribution in [-0.4, -0.2) is 14.5 Å². The molecule has 0 atom stereocenters. The van der Waals surface area contributed by atoms with Gasteiger partial charge in [0.15, 0.2) is 0 Å². The molecule has 19 heavy (non-hydrogen) atoms. The lowest BCUT2D eigenvalue weighted by molar-refractivity contribution is 0.691. The Balaban J connectivity index is 2.08. The van der Waals surface area contributed by atoms with Crippen molar-refractivity contribution in [2.24, 2.45) is 0 Å². The first kappa shape index (κ1) is 12.3. The maximum atomic E-state index is 11.9. The van der Waals surface area contributed by atoms with E-state index >= 15 is 0 Å². The lowest BCUT2D eigenvalue weighted by Gasteiger charge is -2.01. The highest BCUT2D eigenvalue weighted by Gasteiger charge is 2.09. The minimum absolute atomic E-state index is 0.174. The maximum Gasteiger partial charge on any atom is 0.328 e. The van der Waals surface area contributed by atoms with Crippen LogP contribution < -0.4 is 11.2 Å². The fraction of sp³-hybridized carbons (Fsp3) is 0.0833. The molecule has 0 amide bonds. The molecule has 3 rings (SSSR count). The van der Waals surface area contributed by atoms with Gasteiger partial charge in [0.1, 0.15) is 5.01 Å². The zero-order valence-electron chi connectivity index (χ0n) is 9.59. The van der Waals surface area contributed by atoms with Crippen molar-refractivity contribution < 1.29 is 0 Å². The molecule has 1 N–H and O–H groups in total. The first-order chi connectivity index (χ1) is 9.15. The zero-order chi connectivity index (χ0) is 13.4. The summed E-state index contributed by atoms with van der Waals surface area (Å²) in [5, 5.41) is 0.729. The van der Waals surface area contributed by atoms with Crippen LogP contribution in [0.3, 0.4) is 0 Å². The van der Waals surface area contributed by atoms with Crippen molar-refractivity contribution in [1.29, 1.82) is 0 Å². The van der Waals surface area contributed by atoms with E-state index in [2.05, 4.69) is 25.9 Å². The highest BCUT2D eigenvalue weighted by Crippen LogP contribution is 2.21. The van der Waals surface area contributed by atoms with Crippen LogP contribution in [0.1, 0.15) is 5.01 Å². The number of H-pyrrole nitrogens is 1. The first-order valence-electron chi connectivity index (χ1n) is 5.47. The first-order valence-corrected chi connectivity index (χ1v) is 7.08. The van der Waals surface area contributed by atoms with E-state index in [9.17, 15) is 9.59 Å². The van der Waals surface area contributed by atoms with Crippen LogP contribution in [0.15, 0.2) is 44.5 Å². The van der Waals surface area contributed by atoms with E-state index in [1.54, 1.807) is 0 Å². The summed E-state index contributed by atoms with van der Waals surface area (Å²) in [7, 11) is 0. The van der Waals surface area contributed by atoms with Crippen LogP contribution in [0.5, 0.6) is 0 Å². The predicted molar refractivity (Wildman–Crippen MR) is 77.7 cm³/mol. The second-order valence-electron chi connectivity index (χ2n) is 3.91. The molecule has 0 radical (unpaired) electrons. The largest absolute Gasteiger partial charge is 0.328 e. The third kappa shape index (κ3) is 2.26. The highest BCUT2D eigenvalue weighted by molar-refractivity contribution is 9.10. The number of fused-ring (bicyclic) bond motifs is 1. The Morgan fingerprint density at radius 3 is 2.89 bits per heavy atom. The van der Waals surface area contributed by atoms with E-state index in [1.807, 2.05) is 24.3 Å². The molecule has 3 aromatic rings. The van der Waals surface area contributed by atoms with Gasteiger partial charge in [-0.3, -0.25) is 9.36 Å². The fourth-order valence-corrected chi connectivity index (χ4v) is 3.04. The van der Waals surface area contributed by atoms with Crippen LogP contribution in [0.25, 0.3) is 10.2 Å². The van der Waals surface area contributed by atoms with Gasteiger partial charge in [-0.25, -0.2) is 9.78 Å². The molecule has 0 aliphatic carbocycles. The topological polar surface area (TPSA) is 67.8 Å². The quantitative estimate of drug-likeness (QED) is 0.777. The number of aromatic nitrogens is 3. The van der Waals surface area contributed by atoms with Crippen molar-refractivity contribution in [3.8, 4) is 0 Å². The minimum atomic E-state index is -0.438. The van der Waals surface area contributed by atoms with Gasteiger partial charge >= 0.3 is 5.69 Å². The second-order valence-corrected chi connectivity index (χ2v) is 5.88. The average Bonchev–Trinajstić information content (AvgIpc) is 2.81. The Labute approximate surface area is 119 Å². The van der Waals surface area contributed by atoms with Crippen LogP contribution in [0.4, 0.5) is 0 Å². The molecule has 0 bridgehead atoms.